The van der Waals surface area contributed by atoms with Crippen LogP contribution in [0, 0.1) is 17.0 Å². The molecule has 0 saturated carbocycles. The average molecular weight is 371 g/mol. The summed E-state index contributed by atoms with van der Waals surface area (Å²) in [5.74, 6) is -4.43. The molecule has 1 aliphatic rings. The number of carbonyl (C=O) groups is 2. The Kier molecular flexibility index (Phi) is 4.61. The van der Waals surface area contributed by atoms with Gasteiger partial charge in [-0.05, 0) is 43.2 Å². The number of rotatable bonds is 4. The molecule has 2 aromatic rings. The molecule has 0 aliphatic heterocycles. The number of hydrogen-bond donors (Lipinski definition) is 2. The normalized spacial score (nSPS) is 19.2. The van der Waals surface area contributed by atoms with E-state index >= 15 is 0 Å². The van der Waals surface area contributed by atoms with Gasteiger partial charge in [0.25, 0.3) is 0 Å². The molecule has 138 valence electrons. The number of aliphatic carboxylic acids is 2. The van der Waals surface area contributed by atoms with Crippen LogP contribution in [0.25, 0.3) is 16.8 Å². The molecule has 3 rings (SSSR count). The van der Waals surface area contributed by atoms with Crippen molar-refractivity contribution in [3.05, 3.63) is 71.5 Å². The monoisotopic (exact) mass is 371 g/mol. The lowest BCUT2D eigenvalue weighted by atomic mass is 9.70. The van der Waals surface area contributed by atoms with Gasteiger partial charge in [0, 0.05) is 22.9 Å². The zero-order chi connectivity index (χ0) is 19.8. The van der Waals surface area contributed by atoms with E-state index < -0.39 is 29.0 Å². The summed E-state index contributed by atoms with van der Waals surface area (Å²) >= 11 is 0. The van der Waals surface area contributed by atoms with Crippen LogP contribution in [0.3, 0.4) is 0 Å². The van der Waals surface area contributed by atoms with Crippen molar-refractivity contribution >= 4 is 17.5 Å². The van der Waals surface area contributed by atoms with Gasteiger partial charge in [0.15, 0.2) is 11.6 Å². The lowest BCUT2D eigenvalue weighted by Gasteiger charge is -2.31. The summed E-state index contributed by atoms with van der Waals surface area (Å²) in [6.45, 7) is 1.43. The second-order valence-corrected chi connectivity index (χ2v) is 6.42. The van der Waals surface area contributed by atoms with Crippen molar-refractivity contribution in [3.8, 4) is 11.3 Å². The third kappa shape index (κ3) is 3.23. The Hall–Kier alpha value is -3.35. The van der Waals surface area contributed by atoms with E-state index in [0.29, 0.717) is 11.1 Å². The van der Waals surface area contributed by atoms with Crippen molar-refractivity contribution in [2.24, 2.45) is 5.41 Å². The minimum atomic E-state index is -1.52. The number of carboxylic acid groups (broad SMARTS) is 2. The molecule has 1 heterocycles. The minimum absolute atomic E-state index is 0.0260. The van der Waals surface area contributed by atoms with Crippen LogP contribution >= 0.6 is 0 Å². The molecule has 0 amide bonds. The van der Waals surface area contributed by atoms with Gasteiger partial charge < -0.3 is 10.2 Å². The predicted octanol–water partition coefficient (Wildman–Crippen LogP) is 3.92. The smallest absolute Gasteiger partial charge is 0.331 e. The Balaban J connectivity index is 2.22. The molecule has 1 aromatic heterocycles. The van der Waals surface area contributed by atoms with E-state index in [9.17, 15) is 28.6 Å². The second-order valence-electron chi connectivity index (χ2n) is 6.42. The van der Waals surface area contributed by atoms with E-state index in [-0.39, 0.29) is 23.3 Å². The van der Waals surface area contributed by atoms with E-state index in [1.165, 1.54) is 31.3 Å². The quantitative estimate of drug-likeness (QED) is 0.851. The van der Waals surface area contributed by atoms with E-state index in [0.717, 1.165) is 12.1 Å². The first-order valence-corrected chi connectivity index (χ1v) is 8.03. The molecular weight excluding hydrogens is 356 g/mol. The van der Waals surface area contributed by atoms with Crippen molar-refractivity contribution in [2.45, 2.75) is 13.3 Å². The van der Waals surface area contributed by atoms with Crippen LogP contribution in [0.2, 0.25) is 0 Å². The fourth-order valence-corrected chi connectivity index (χ4v) is 3.12. The van der Waals surface area contributed by atoms with Crippen LogP contribution in [-0.2, 0) is 9.59 Å². The summed E-state index contributed by atoms with van der Waals surface area (Å²) in [7, 11) is 0. The molecule has 1 aromatic carbocycles. The molecule has 1 aliphatic carbocycles. The maximum Gasteiger partial charge on any atom is 0.331 e. The number of benzene rings is 1. The van der Waals surface area contributed by atoms with Gasteiger partial charge in [-0.1, -0.05) is 18.2 Å². The molecule has 0 fully saturated rings. The summed E-state index contributed by atoms with van der Waals surface area (Å²) in [5.41, 5.74) is -0.226. The first-order valence-electron chi connectivity index (χ1n) is 8.03. The third-order valence-electron chi connectivity index (χ3n) is 4.63. The molecule has 27 heavy (non-hydrogen) atoms. The highest BCUT2D eigenvalue weighted by Crippen LogP contribution is 2.45. The van der Waals surface area contributed by atoms with E-state index in [4.69, 9.17) is 0 Å². The Morgan fingerprint density at radius 1 is 1.11 bits per heavy atom. The van der Waals surface area contributed by atoms with E-state index in [2.05, 4.69) is 4.98 Å². The molecule has 7 heteroatoms. The van der Waals surface area contributed by atoms with Crippen molar-refractivity contribution in [3.63, 3.8) is 0 Å². The standard InChI is InChI=1S/C20H15F2NO4/c1-20(19(26)27)10-12(18(24)25)4-6-14(20)13-3-2-8-23-17(13)11-5-7-15(21)16(22)9-11/h2-9H,10H2,1H3,(H,24,25)(H,26,27). The van der Waals surface area contributed by atoms with Crippen molar-refractivity contribution in [1.29, 1.82) is 0 Å². The molecular formula is C20H15F2NO4. The summed E-state index contributed by atoms with van der Waals surface area (Å²) < 4.78 is 26.9. The molecule has 1 atom stereocenters. The third-order valence-corrected chi connectivity index (χ3v) is 4.63. The van der Waals surface area contributed by atoms with Crippen LogP contribution in [-0.4, -0.2) is 27.1 Å². The van der Waals surface area contributed by atoms with Crippen molar-refractivity contribution in [2.75, 3.05) is 0 Å². The number of aromatic nitrogens is 1. The Morgan fingerprint density at radius 3 is 2.48 bits per heavy atom. The molecule has 1 unspecified atom stereocenters. The van der Waals surface area contributed by atoms with Crippen LogP contribution in [0.15, 0.2) is 54.3 Å². The maximum absolute atomic E-state index is 13.7. The van der Waals surface area contributed by atoms with Gasteiger partial charge in [0.2, 0.25) is 0 Å². The summed E-state index contributed by atoms with van der Waals surface area (Å²) in [6.07, 6.45) is 4.03. The Bertz CT molecular complexity index is 1010. The highest BCUT2D eigenvalue weighted by atomic mass is 19.2. The minimum Gasteiger partial charge on any atom is -0.481 e. The number of carboxylic acids is 2. The molecule has 0 radical (unpaired) electrons. The van der Waals surface area contributed by atoms with Crippen molar-refractivity contribution < 1.29 is 28.6 Å². The van der Waals surface area contributed by atoms with Crippen LogP contribution < -0.4 is 0 Å². The number of pyridine rings is 1. The first kappa shape index (κ1) is 18.4. The van der Waals surface area contributed by atoms with E-state index in [1.807, 2.05) is 0 Å². The lowest BCUT2D eigenvalue weighted by Crippen LogP contribution is -2.32. The molecule has 0 bridgehead atoms. The van der Waals surface area contributed by atoms with Gasteiger partial charge >= 0.3 is 11.9 Å². The SMILES string of the molecule is CC1(C(=O)O)CC(C(=O)O)=CC=C1c1cccnc1-c1ccc(F)c(F)c1. The molecule has 5 nitrogen and oxygen atoms in total. The van der Waals surface area contributed by atoms with Crippen LogP contribution in [0.5, 0.6) is 0 Å². The van der Waals surface area contributed by atoms with Crippen molar-refractivity contribution in [1.82, 2.24) is 4.98 Å². The largest absolute Gasteiger partial charge is 0.481 e. The molecule has 0 saturated heterocycles. The molecule has 2 N–H and O–H groups in total. The summed E-state index contributed by atoms with van der Waals surface area (Å²) in [5, 5.41) is 19.0. The van der Waals surface area contributed by atoms with Crippen LogP contribution in [0.1, 0.15) is 18.9 Å². The lowest BCUT2D eigenvalue weighted by molar-refractivity contribution is -0.144. The number of allylic oxidation sites excluding steroid dienone is 2. The Labute approximate surface area is 153 Å². The topological polar surface area (TPSA) is 87.5 Å². The van der Waals surface area contributed by atoms with Gasteiger partial charge in [-0.25, -0.2) is 13.6 Å². The summed E-state index contributed by atoms with van der Waals surface area (Å²) in [4.78, 5) is 27.5. The molecule has 0 spiro atoms. The van der Waals surface area contributed by atoms with Gasteiger partial charge in [-0.2, -0.15) is 0 Å². The zero-order valence-corrected chi connectivity index (χ0v) is 14.2. The zero-order valence-electron chi connectivity index (χ0n) is 14.2. The fourth-order valence-electron chi connectivity index (χ4n) is 3.12. The summed E-state index contributed by atoms with van der Waals surface area (Å²) in [6, 6.07) is 6.52. The fraction of sp³-hybridized carbons (Fsp3) is 0.150. The average Bonchev–Trinajstić information content (AvgIpc) is 2.64. The number of nitrogens with zero attached hydrogens (tertiary/aromatic N) is 1. The highest BCUT2D eigenvalue weighted by Gasteiger charge is 2.42. The second kappa shape index (κ2) is 6.75. The predicted molar refractivity (Wildman–Crippen MR) is 93.6 cm³/mol. The highest BCUT2D eigenvalue weighted by molar-refractivity contribution is 5.99. The van der Waals surface area contributed by atoms with Gasteiger partial charge in [0.1, 0.15) is 0 Å². The van der Waals surface area contributed by atoms with Gasteiger partial charge in [0.05, 0.1) is 11.1 Å². The Morgan fingerprint density at radius 2 is 1.85 bits per heavy atom. The van der Waals surface area contributed by atoms with Gasteiger partial charge in [-0.3, -0.25) is 9.78 Å². The van der Waals surface area contributed by atoms with Gasteiger partial charge in [-0.15, -0.1) is 0 Å². The van der Waals surface area contributed by atoms with E-state index in [1.54, 1.807) is 12.1 Å². The van der Waals surface area contributed by atoms with Crippen LogP contribution in [0.4, 0.5) is 8.78 Å². The number of halogens is 2. The maximum atomic E-state index is 13.7. The first-order chi connectivity index (χ1) is 12.7. The number of hydrogen-bond acceptors (Lipinski definition) is 3.